The lowest BCUT2D eigenvalue weighted by molar-refractivity contribution is -0.140. The second kappa shape index (κ2) is 16.7. The molecule has 0 heterocycles. The van der Waals surface area contributed by atoms with Crippen molar-refractivity contribution < 1.29 is 34.8 Å². The predicted octanol–water partition coefficient (Wildman–Crippen LogP) is -2.21. The Balaban J connectivity index is -0.000000120. The third-order valence-electron chi connectivity index (χ3n) is 0.310. The molecule has 8 nitrogen and oxygen atoms in total. The zero-order valence-electron chi connectivity index (χ0n) is 6.58. The predicted molar refractivity (Wildman–Crippen MR) is 40.1 cm³/mol. The molecule has 0 unspecified atom stereocenters. The molecule has 0 aromatic heterocycles. The van der Waals surface area contributed by atoms with Crippen LogP contribution in [0.15, 0.2) is 0 Å². The summed E-state index contributed by atoms with van der Waals surface area (Å²) < 4.78 is 0. The van der Waals surface area contributed by atoms with Crippen LogP contribution >= 0.6 is 0 Å². The molecule has 13 heavy (non-hydrogen) atoms. The largest absolute Gasteiger partial charge is 0.483 e. The molecule has 0 saturated carbocycles. The van der Waals surface area contributed by atoms with Crippen molar-refractivity contribution in [2.24, 2.45) is 5.73 Å². The van der Waals surface area contributed by atoms with Crippen molar-refractivity contribution in [1.29, 1.82) is 0 Å². The summed E-state index contributed by atoms with van der Waals surface area (Å²) in [5.41, 5.74) is 4.57. The zero-order valence-corrected chi connectivity index (χ0v) is 6.58. The molecule has 0 atom stereocenters. The maximum atomic E-state index is 9.24. The number of carbonyl (C=O) groups is 3. The van der Waals surface area contributed by atoms with Crippen molar-refractivity contribution in [3.8, 4) is 0 Å². The third kappa shape index (κ3) is 132. The molecule has 0 aromatic rings. The van der Waals surface area contributed by atoms with Crippen LogP contribution in [0.2, 0.25) is 0 Å². The van der Waals surface area contributed by atoms with E-state index in [0.29, 0.717) is 0 Å². The van der Waals surface area contributed by atoms with E-state index in [1.165, 1.54) is 0 Å². The molecular weight excluding hydrogens is 186 g/mol. The van der Waals surface area contributed by atoms with Gasteiger partial charge in [0, 0.05) is 0 Å². The average molecular weight is 197 g/mol. The highest BCUT2D eigenvalue weighted by Gasteiger charge is 1.82. The van der Waals surface area contributed by atoms with Gasteiger partial charge in [-0.25, -0.2) is 4.79 Å². The van der Waals surface area contributed by atoms with Gasteiger partial charge in [-0.2, -0.15) is 0 Å². The highest BCUT2D eigenvalue weighted by molar-refractivity contribution is 5.68. The lowest BCUT2D eigenvalue weighted by atomic mass is 10.7. The number of aliphatic hydroxyl groups is 1. The second-order valence-electron chi connectivity index (χ2n) is 1.26. The summed E-state index contributed by atoms with van der Waals surface area (Å²) in [4.78, 5) is 26.7. The van der Waals surface area contributed by atoms with Crippen LogP contribution in [-0.2, 0) is 14.4 Å². The molecular formula is C5H11NO7. The summed E-state index contributed by atoms with van der Waals surface area (Å²) in [6.07, 6.45) is 0. The molecule has 0 rings (SSSR count). The molecule has 0 aromatic carbocycles. The molecule has 0 aliphatic carbocycles. The second-order valence-corrected chi connectivity index (χ2v) is 1.26. The van der Waals surface area contributed by atoms with Gasteiger partial charge >= 0.3 is 11.9 Å². The molecule has 0 saturated heterocycles. The molecule has 8 heteroatoms. The Morgan fingerprint density at radius 1 is 1.23 bits per heavy atom. The van der Waals surface area contributed by atoms with Gasteiger partial charge in [-0.1, -0.05) is 0 Å². The van der Waals surface area contributed by atoms with Gasteiger partial charge in [0.2, 0.25) is 0 Å². The fourth-order valence-corrected chi connectivity index (χ4v) is 0. The normalized spacial score (nSPS) is 6.62. The summed E-state index contributed by atoms with van der Waals surface area (Å²) in [6.45, 7) is -1.31. The quantitative estimate of drug-likeness (QED) is 0.312. The Hall–Kier alpha value is -1.67. The van der Waals surface area contributed by atoms with Gasteiger partial charge < -0.3 is 26.2 Å². The minimum Gasteiger partial charge on any atom is -0.483 e. The van der Waals surface area contributed by atoms with Crippen LogP contribution in [0.4, 0.5) is 0 Å². The average Bonchev–Trinajstić information content (AvgIpc) is 2.07. The van der Waals surface area contributed by atoms with Gasteiger partial charge in [-0.3, -0.25) is 9.59 Å². The molecule has 0 aliphatic rings. The SMILES string of the molecule is NCC(=O)O.O=C(O)CO.O=CO. The topological polar surface area (TPSA) is 158 Å². The van der Waals surface area contributed by atoms with Crippen LogP contribution in [0.1, 0.15) is 0 Å². The van der Waals surface area contributed by atoms with E-state index < -0.39 is 18.5 Å². The third-order valence-corrected chi connectivity index (χ3v) is 0.310. The van der Waals surface area contributed by atoms with E-state index in [1.54, 1.807) is 0 Å². The number of aliphatic hydroxyl groups excluding tert-OH is 1. The first-order valence-corrected chi connectivity index (χ1v) is 2.78. The van der Waals surface area contributed by atoms with Gasteiger partial charge in [-0.15, -0.1) is 0 Å². The Morgan fingerprint density at radius 3 is 1.38 bits per heavy atom. The van der Waals surface area contributed by atoms with Crippen LogP contribution < -0.4 is 5.73 Å². The van der Waals surface area contributed by atoms with E-state index in [1.807, 2.05) is 0 Å². The molecule has 0 spiro atoms. The van der Waals surface area contributed by atoms with Crippen molar-refractivity contribution in [3.63, 3.8) is 0 Å². The molecule has 0 bridgehead atoms. The van der Waals surface area contributed by atoms with Gasteiger partial charge in [0.15, 0.2) is 0 Å². The fraction of sp³-hybridized carbons (Fsp3) is 0.400. The van der Waals surface area contributed by atoms with Crippen molar-refractivity contribution >= 4 is 18.4 Å². The van der Waals surface area contributed by atoms with E-state index in [9.17, 15) is 4.79 Å². The van der Waals surface area contributed by atoms with Crippen LogP contribution in [-0.4, -0.2) is 52.0 Å². The molecule has 6 N–H and O–H groups in total. The van der Waals surface area contributed by atoms with Crippen molar-refractivity contribution in [3.05, 3.63) is 0 Å². The van der Waals surface area contributed by atoms with Crippen LogP contribution in [0, 0.1) is 0 Å². The first-order chi connectivity index (χ1) is 5.95. The Kier molecular flexibility index (Phi) is 22.4. The molecule has 78 valence electrons. The molecule has 0 amide bonds. The minimum absolute atomic E-state index is 0.250. The van der Waals surface area contributed by atoms with Gasteiger partial charge in [0.1, 0.15) is 6.61 Å². The summed E-state index contributed by atoms with van der Waals surface area (Å²) in [5, 5.41) is 29.5. The Bertz CT molecular complexity index is 132. The van der Waals surface area contributed by atoms with Crippen LogP contribution in [0.25, 0.3) is 0 Å². The van der Waals surface area contributed by atoms with Crippen LogP contribution in [0.5, 0.6) is 0 Å². The first-order valence-electron chi connectivity index (χ1n) is 2.78. The highest BCUT2D eigenvalue weighted by atomic mass is 16.4. The summed E-state index contributed by atoms with van der Waals surface area (Å²) in [5.74, 6) is -2.16. The maximum absolute atomic E-state index is 9.24. The van der Waals surface area contributed by atoms with E-state index >= 15 is 0 Å². The summed E-state index contributed by atoms with van der Waals surface area (Å²) >= 11 is 0. The number of carboxylic acid groups (broad SMARTS) is 3. The van der Waals surface area contributed by atoms with Gasteiger partial charge in [0.05, 0.1) is 6.54 Å². The number of aliphatic carboxylic acids is 2. The summed E-state index contributed by atoms with van der Waals surface area (Å²) in [7, 11) is 0. The van der Waals surface area contributed by atoms with Crippen molar-refractivity contribution in [2.75, 3.05) is 13.2 Å². The van der Waals surface area contributed by atoms with E-state index in [0.717, 1.165) is 0 Å². The lowest BCUT2D eigenvalue weighted by Crippen LogP contribution is -2.10. The maximum Gasteiger partial charge on any atom is 0.329 e. The minimum atomic E-state index is -1.19. The van der Waals surface area contributed by atoms with Crippen molar-refractivity contribution in [1.82, 2.24) is 0 Å². The Labute approximate surface area is 73.2 Å². The number of hydrogen-bond acceptors (Lipinski definition) is 5. The van der Waals surface area contributed by atoms with Gasteiger partial charge in [-0.05, 0) is 0 Å². The zero-order chi connectivity index (χ0) is 11.3. The number of nitrogens with two attached hydrogens (primary N) is 1. The van der Waals surface area contributed by atoms with E-state index in [4.69, 9.17) is 30.0 Å². The monoisotopic (exact) mass is 197 g/mol. The molecule has 0 radical (unpaired) electrons. The van der Waals surface area contributed by atoms with E-state index in [-0.39, 0.29) is 13.0 Å². The van der Waals surface area contributed by atoms with E-state index in [2.05, 4.69) is 5.73 Å². The number of hydrogen-bond donors (Lipinski definition) is 5. The van der Waals surface area contributed by atoms with Crippen LogP contribution in [0.3, 0.4) is 0 Å². The first kappa shape index (κ1) is 17.4. The summed E-state index contributed by atoms with van der Waals surface area (Å²) in [6, 6.07) is 0. The highest BCUT2D eigenvalue weighted by Crippen LogP contribution is 1.48. The Morgan fingerprint density at radius 2 is 1.38 bits per heavy atom. The lowest BCUT2D eigenvalue weighted by Gasteiger charge is -1.73. The molecule has 0 fully saturated rings. The number of carboxylic acids is 2. The standard InChI is InChI=1S/C2H5NO2.C2H4O3.CH2O2/c2*3-1-2(4)5;2-1-3/h1,3H2,(H,4,5);3H,1H2,(H,4,5);1H,(H,2,3). The van der Waals surface area contributed by atoms with Crippen molar-refractivity contribution in [2.45, 2.75) is 0 Å². The van der Waals surface area contributed by atoms with Gasteiger partial charge in [0.25, 0.3) is 6.47 Å². The molecule has 0 aliphatic heterocycles. The fourth-order valence-electron chi connectivity index (χ4n) is 0. The smallest absolute Gasteiger partial charge is 0.329 e. The number of rotatable bonds is 2.